The van der Waals surface area contributed by atoms with Crippen LogP contribution >= 0.6 is 0 Å². The van der Waals surface area contributed by atoms with E-state index in [0.29, 0.717) is 13.0 Å². The van der Waals surface area contributed by atoms with Crippen LogP contribution in [0.5, 0.6) is 0 Å². The number of aliphatic hydroxyl groups excluding tert-OH is 7. The first-order valence-corrected chi connectivity index (χ1v) is 34.5. The summed E-state index contributed by atoms with van der Waals surface area (Å²) in [5.41, 5.74) is 0. The molecule has 0 saturated carbocycles. The number of aliphatic hydroxyl groups is 7. The van der Waals surface area contributed by atoms with Crippen LogP contribution in [0.2, 0.25) is 0 Å². The van der Waals surface area contributed by atoms with E-state index >= 15 is 0 Å². The lowest BCUT2D eigenvalue weighted by atomic mass is 9.98. The molecule has 0 aromatic heterocycles. The Morgan fingerprint density at radius 1 is 0.400 bits per heavy atom. The van der Waals surface area contributed by atoms with Crippen LogP contribution in [0.4, 0.5) is 0 Å². The summed E-state index contributed by atoms with van der Waals surface area (Å²) < 4.78 is 34.5. The smallest absolute Gasteiger partial charge is 0.306 e. The van der Waals surface area contributed by atoms with E-state index in [-0.39, 0.29) is 25.6 Å². The van der Waals surface area contributed by atoms with Gasteiger partial charge in [0.25, 0.3) is 0 Å². The standard InChI is InChI=1S/C71H126O14/c1-3-5-7-9-11-13-15-17-19-21-23-25-27-29-31-33-35-37-39-41-43-45-47-49-51-53-55-80-57-60(58-81-70-69(79)67(77)65(75)62(85-70)59-82-71-68(78)66(76)64(74)61(56-72)84-71)83-63(73)54-52-50-48-46-44-42-40-38-36-34-32-30-28-26-24-22-20-18-16-14-12-10-8-6-4-2/h5,7,11,13,17,19,23,25,29,31,35,37,60-62,64-72,74-79H,3-4,6,8-10,12,14-16,18,20-22,24,26-28,30,32-34,36,38-59H2,1-2H3/b7-5-,13-11-,19-17-,25-23-,31-29-,37-35-. The van der Waals surface area contributed by atoms with Gasteiger partial charge in [-0.1, -0.05) is 273 Å². The average molecular weight is 1200 g/mol. The molecule has 2 saturated heterocycles. The minimum atomic E-state index is -1.71. The molecular weight excluding hydrogens is 1080 g/mol. The number of hydrogen-bond donors (Lipinski definition) is 7. The molecule has 85 heavy (non-hydrogen) atoms. The molecule has 11 unspecified atom stereocenters. The van der Waals surface area contributed by atoms with Crippen LogP contribution in [-0.4, -0.2) is 142 Å². The first kappa shape index (κ1) is 78.5. The lowest BCUT2D eigenvalue weighted by molar-refractivity contribution is -0.332. The summed E-state index contributed by atoms with van der Waals surface area (Å²) in [5.74, 6) is -0.376. The van der Waals surface area contributed by atoms with E-state index in [1.54, 1.807) is 0 Å². The number of unbranched alkanes of at least 4 members (excludes halogenated alkanes) is 31. The van der Waals surface area contributed by atoms with E-state index in [0.717, 1.165) is 89.9 Å². The van der Waals surface area contributed by atoms with E-state index in [1.807, 2.05) is 0 Å². The molecule has 0 spiro atoms. The van der Waals surface area contributed by atoms with Crippen molar-refractivity contribution in [2.45, 2.75) is 338 Å². The molecule has 0 amide bonds. The van der Waals surface area contributed by atoms with Gasteiger partial charge in [0.2, 0.25) is 0 Å². The summed E-state index contributed by atoms with van der Waals surface area (Å²) in [6, 6.07) is 0. The maximum atomic E-state index is 13.2. The molecule has 11 atom stereocenters. The number of hydrogen-bond acceptors (Lipinski definition) is 14. The van der Waals surface area contributed by atoms with Gasteiger partial charge in [0, 0.05) is 13.0 Å². The molecule has 0 aliphatic carbocycles. The van der Waals surface area contributed by atoms with Gasteiger partial charge in [-0.25, -0.2) is 0 Å². The predicted molar refractivity (Wildman–Crippen MR) is 344 cm³/mol. The quantitative estimate of drug-likeness (QED) is 0.0171. The van der Waals surface area contributed by atoms with Gasteiger partial charge >= 0.3 is 5.97 Å². The SMILES string of the molecule is CC/C=C\C/C=C\C/C=C\C/C=C\C/C=C\C/C=C\CCCCCCCCCOCC(COC1OC(COC2OC(CO)C(O)C(O)C2O)C(O)C(O)C1O)OC(=O)CCCCCCCCCCCCCCCCCCCCCCCCCCC. The summed E-state index contributed by atoms with van der Waals surface area (Å²) in [6.45, 7) is 3.59. The molecule has 494 valence electrons. The Kier molecular flexibility index (Phi) is 52.3. The topological polar surface area (TPSA) is 214 Å². The molecule has 2 fully saturated rings. The highest BCUT2D eigenvalue weighted by molar-refractivity contribution is 5.69. The molecule has 7 N–H and O–H groups in total. The first-order chi connectivity index (χ1) is 41.6. The summed E-state index contributed by atoms with van der Waals surface area (Å²) in [6.07, 6.45) is 58.3. The lowest BCUT2D eigenvalue weighted by Crippen LogP contribution is -2.61. The molecule has 2 aliphatic rings. The second-order valence-corrected chi connectivity index (χ2v) is 24.0. The maximum absolute atomic E-state index is 13.2. The molecule has 14 heteroatoms. The molecule has 0 bridgehead atoms. The largest absolute Gasteiger partial charge is 0.457 e. The molecule has 0 radical (unpaired) electrons. The van der Waals surface area contributed by atoms with Gasteiger partial charge < -0.3 is 64.2 Å². The van der Waals surface area contributed by atoms with E-state index in [1.165, 1.54) is 154 Å². The molecular formula is C71H126O14. The average Bonchev–Trinajstić information content (AvgIpc) is 2.82. The molecule has 0 aromatic rings. The van der Waals surface area contributed by atoms with Crippen molar-refractivity contribution in [3.05, 3.63) is 72.9 Å². The van der Waals surface area contributed by atoms with Crippen molar-refractivity contribution >= 4 is 5.97 Å². The van der Waals surface area contributed by atoms with Crippen molar-refractivity contribution < 1.29 is 69.0 Å². The van der Waals surface area contributed by atoms with Crippen LogP contribution in [0.3, 0.4) is 0 Å². The first-order valence-electron chi connectivity index (χ1n) is 34.5. The minimum absolute atomic E-state index is 0.0530. The van der Waals surface area contributed by atoms with Gasteiger partial charge in [-0.2, -0.15) is 0 Å². The highest BCUT2D eigenvalue weighted by Crippen LogP contribution is 2.27. The molecule has 2 rings (SSSR count). The molecule has 14 nitrogen and oxygen atoms in total. The Morgan fingerprint density at radius 3 is 1.20 bits per heavy atom. The second-order valence-electron chi connectivity index (χ2n) is 24.0. The predicted octanol–water partition coefficient (Wildman–Crippen LogP) is 14.5. The van der Waals surface area contributed by atoms with Crippen LogP contribution in [-0.2, 0) is 33.2 Å². The monoisotopic (exact) mass is 1200 g/mol. The molecule has 2 heterocycles. The van der Waals surface area contributed by atoms with E-state index in [2.05, 4.69) is 86.8 Å². The highest BCUT2D eigenvalue weighted by atomic mass is 16.7. The Labute approximate surface area is 517 Å². The van der Waals surface area contributed by atoms with Crippen LogP contribution in [0.25, 0.3) is 0 Å². The van der Waals surface area contributed by atoms with Gasteiger partial charge in [0.15, 0.2) is 12.6 Å². The third kappa shape index (κ3) is 42.1. The van der Waals surface area contributed by atoms with Gasteiger partial charge in [-0.05, 0) is 64.2 Å². The Morgan fingerprint density at radius 2 is 0.765 bits per heavy atom. The zero-order valence-corrected chi connectivity index (χ0v) is 53.6. The maximum Gasteiger partial charge on any atom is 0.306 e. The van der Waals surface area contributed by atoms with E-state index in [4.69, 9.17) is 28.4 Å². The number of carbonyl (C=O) groups excluding carboxylic acids is 1. The van der Waals surface area contributed by atoms with Crippen molar-refractivity contribution in [3.63, 3.8) is 0 Å². The van der Waals surface area contributed by atoms with Crippen LogP contribution in [0.15, 0.2) is 72.9 Å². The Bertz CT molecular complexity index is 1680. The van der Waals surface area contributed by atoms with Crippen molar-refractivity contribution in [3.8, 4) is 0 Å². The summed E-state index contributed by atoms with van der Waals surface area (Å²) in [5, 5.41) is 72.6. The van der Waals surface area contributed by atoms with Crippen molar-refractivity contribution in [2.75, 3.05) is 33.0 Å². The number of ether oxygens (including phenoxy) is 6. The van der Waals surface area contributed by atoms with Gasteiger partial charge in [-0.15, -0.1) is 0 Å². The number of carbonyl (C=O) groups is 1. The van der Waals surface area contributed by atoms with E-state index in [9.17, 15) is 40.5 Å². The third-order valence-electron chi connectivity index (χ3n) is 16.2. The fraction of sp³-hybridized carbons (Fsp3) is 0.817. The number of allylic oxidation sites excluding steroid dienone is 12. The summed E-state index contributed by atoms with van der Waals surface area (Å²) >= 11 is 0. The number of esters is 1. The van der Waals surface area contributed by atoms with Crippen LogP contribution in [0.1, 0.15) is 271 Å². The van der Waals surface area contributed by atoms with Crippen LogP contribution < -0.4 is 0 Å². The third-order valence-corrected chi connectivity index (χ3v) is 16.2. The summed E-state index contributed by atoms with van der Waals surface area (Å²) in [4.78, 5) is 13.2. The Balaban J connectivity index is 1.65. The molecule has 2 aliphatic heterocycles. The zero-order chi connectivity index (χ0) is 61.5. The summed E-state index contributed by atoms with van der Waals surface area (Å²) in [7, 11) is 0. The van der Waals surface area contributed by atoms with Crippen molar-refractivity contribution in [1.29, 1.82) is 0 Å². The van der Waals surface area contributed by atoms with Crippen molar-refractivity contribution in [2.24, 2.45) is 0 Å². The fourth-order valence-electron chi connectivity index (χ4n) is 10.8. The normalized spacial score (nSPS) is 23.6. The van der Waals surface area contributed by atoms with Gasteiger partial charge in [-0.3, -0.25) is 4.79 Å². The minimum Gasteiger partial charge on any atom is -0.457 e. The number of rotatable bonds is 57. The lowest BCUT2D eigenvalue weighted by Gasteiger charge is -2.42. The van der Waals surface area contributed by atoms with E-state index < -0.39 is 80.7 Å². The van der Waals surface area contributed by atoms with Gasteiger partial charge in [0.1, 0.15) is 54.9 Å². The Hall–Kier alpha value is -2.57. The van der Waals surface area contributed by atoms with Gasteiger partial charge in [0.05, 0.1) is 26.4 Å². The molecule has 0 aromatic carbocycles. The zero-order valence-electron chi connectivity index (χ0n) is 53.6. The van der Waals surface area contributed by atoms with Crippen LogP contribution in [0, 0.1) is 0 Å². The van der Waals surface area contributed by atoms with Crippen molar-refractivity contribution in [1.82, 2.24) is 0 Å². The fourth-order valence-corrected chi connectivity index (χ4v) is 10.8. The second kappa shape index (κ2) is 56.6. The highest BCUT2D eigenvalue weighted by Gasteiger charge is 2.47.